The van der Waals surface area contributed by atoms with Crippen LogP contribution in [0.4, 0.5) is 0 Å². The number of hydrogen-bond donors (Lipinski definition) is 2. The van der Waals surface area contributed by atoms with Crippen LogP contribution >= 0.6 is 0 Å². The summed E-state index contributed by atoms with van der Waals surface area (Å²) in [5, 5.41) is 12.1. The number of aliphatic hydroxyl groups excluding tert-OH is 1. The molecule has 1 fully saturated rings. The second-order valence-corrected chi connectivity index (χ2v) is 4.42. The van der Waals surface area contributed by atoms with Gasteiger partial charge in [0.1, 0.15) is 5.76 Å². The van der Waals surface area contributed by atoms with E-state index in [0.29, 0.717) is 12.8 Å². The molecule has 2 N–H and O–H groups in total. The lowest BCUT2D eigenvalue weighted by Gasteiger charge is -2.40. The Morgan fingerprint density at radius 3 is 2.88 bits per heavy atom. The molecule has 4 nitrogen and oxygen atoms in total. The molecule has 0 atom stereocenters. The van der Waals surface area contributed by atoms with Crippen LogP contribution in [0.5, 0.6) is 0 Å². The number of hydrogen-bond acceptors (Lipinski definition) is 3. The minimum absolute atomic E-state index is 0.00912. The quantitative estimate of drug-likeness (QED) is 0.789. The van der Waals surface area contributed by atoms with Gasteiger partial charge in [-0.1, -0.05) is 0 Å². The van der Waals surface area contributed by atoms with Crippen molar-refractivity contribution in [3.63, 3.8) is 0 Å². The average Bonchev–Trinajstić information content (AvgIpc) is 2.73. The first kappa shape index (κ1) is 11.2. The third-order valence-corrected chi connectivity index (χ3v) is 3.20. The largest absolute Gasteiger partial charge is 0.469 e. The molecule has 1 amide bonds. The molecule has 1 aromatic heterocycles. The molecular formula is C12H17NO3. The molecule has 88 valence electrons. The van der Waals surface area contributed by atoms with Gasteiger partial charge in [0.2, 0.25) is 5.91 Å². The maximum Gasteiger partial charge on any atom is 0.220 e. The van der Waals surface area contributed by atoms with Crippen LogP contribution in [0.25, 0.3) is 0 Å². The van der Waals surface area contributed by atoms with Gasteiger partial charge in [0.05, 0.1) is 18.4 Å². The van der Waals surface area contributed by atoms with Crippen LogP contribution in [0.1, 0.15) is 31.4 Å². The SMILES string of the molecule is O=C(CCc1ccco1)NC1(CO)CCC1. The Hall–Kier alpha value is -1.29. The third-order valence-electron chi connectivity index (χ3n) is 3.20. The minimum atomic E-state index is -0.333. The van der Waals surface area contributed by atoms with E-state index < -0.39 is 0 Å². The number of rotatable bonds is 5. The van der Waals surface area contributed by atoms with Gasteiger partial charge in [0.25, 0.3) is 0 Å². The van der Waals surface area contributed by atoms with Gasteiger partial charge in [0, 0.05) is 12.8 Å². The fraction of sp³-hybridized carbons (Fsp3) is 0.583. The standard InChI is InChI=1S/C12H17NO3/c14-9-12(6-2-7-12)13-11(15)5-4-10-3-1-8-16-10/h1,3,8,14H,2,4-7,9H2,(H,13,15). The molecule has 1 aliphatic carbocycles. The highest BCUT2D eigenvalue weighted by Crippen LogP contribution is 2.31. The molecule has 0 spiro atoms. The van der Waals surface area contributed by atoms with Crippen molar-refractivity contribution in [3.05, 3.63) is 24.2 Å². The Kier molecular flexibility index (Phi) is 3.29. The summed E-state index contributed by atoms with van der Waals surface area (Å²) in [6.07, 6.45) is 5.48. The van der Waals surface area contributed by atoms with Gasteiger partial charge >= 0.3 is 0 Å². The predicted octanol–water partition coefficient (Wildman–Crippen LogP) is 1.24. The first-order valence-electron chi connectivity index (χ1n) is 5.68. The number of aryl methyl sites for hydroxylation is 1. The average molecular weight is 223 g/mol. The lowest BCUT2D eigenvalue weighted by Crippen LogP contribution is -2.56. The van der Waals surface area contributed by atoms with Gasteiger partial charge in [-0.25, -0.2) is 0 Å². The molecule has 1 aliphatic rings. The molecule has 0 aliphatic heterocycles. The van der Waals surface area contributed by atoms with Crippen LogP contribution in [0.15, 0.2) is 22.8 Å². The molecule has 0 bridgehead atoms. The monoisotopic (exact) mass is 223 g/mol. The van der Waals surface area contributed by atoms with Crippen molar-refractivity contribution in [1.29, 1.82) is 0 Å². The maximum absolute atomic E-state index is 11.6. The summed E-state index contributed by atoms with van der Waals surface area (Å²) in [7, 11) is 0. The van der Waals surface area contributed by atoms with Crippen LogP contribution in [0, 0.1) is 0 Å². The van der Waals surface area contributed by atoms with Gasteiger partial charge in [-0.3, -0.25) is 4.79 Å². The molecule has 16 heavy (non-hydrogen) atoms. The second-order valence-electron chi connectivity index (χ2n) is 4.42. The van der Waals surface area contributed by atoms with Gasteiger partial charge in [-0.2, -0.15) is 0 Å². The molecule has 4 heteroatoms. The van der Waals surface area contributed by atoms with Crippen molar-refractivity contribution in [2.75, 3.05) is 6.61 Å². The summed E-state index contributed by atoms with van der Waals surface area (Å²) in [5.74, 6) is 0.812. The Bertz CT molecular complexity index is 336. The van der Waals surface area contributed by atoms with Crippen LogP contribution < -0.4 is 5.32 Å². The number of carbonyl (C=O) groups excluding carboxylic acids is 1. The molecule has 1 saturated carbocycles. The summed E-state index contributed by atoms with van der Waals surface area (Å²) >= 11 is 0. The smallest absolute Gasteiger partial charge is 0.220 e. The van der Waals surface area contributed by atoms with Crippen LogP contribution in [0.3, 0.4) is 0 Å². The molecule has 1 heterocycles. The van der Waals surface area contributed by atoms with Gasteiger partial charge < -0.3 is 14.8 Å². The van der Waals surface area contributed by atoms with Crippen molar-refractivity contribution >= 4 is 5.91 Å². The van der Waals surface area contributed by atoms with E-state index in [4.69, 9.17) is 4.42 Å². The lowest BCUT2D eigenvalue weighted by molar-refractivity contribution is -0.125. The van der Waals surface area contributed by atoms with Crippen LogP contribution in [-0.4, -0.2) is 23.2 Å². The highest BCUT2D eigenvalue weighted by atomic mass is 16.3. The third kappa shape index (κ3) is 2.44. The number of aliphatic hydroxyl groups is 1. The number of nitrogens with one attached hydrogen (secondary N) is 1. The van der Waals surface area contributed by atoms with E-state index >= 15 is 0 Å². The van der Waals surface area contributed by atoms with Crippen molar-refractivity contribution in [1.82, 2.24) is 5.32 Å². The number of amides is 1. The molecule has 2 rings (SSSR count). The first-order valence-corrected chi connectivity index (χ1v) is 5.68. The van der Waals surface area contributed by atoms with Crippen molar-refractivity contribution < 1.29 is 14.3 Å². The van der Waals surface area contributed by atoms with Gasteiger partial charge in [-0.05, 0) is 31.4 Å². The Balaban J connectivity index is 1.76. The van der Waals surface area contributed by atoms with E-state index in [1.807, 2.05) is 12.1 Å². The van der Waals surface area contributed by atoms with Crippen LogP contribution in [-0.2, 0) is 11.2 Å². The molecule has 0 unspecified atom stereocenters. The van der Waals surface area contributed by atoms with Gasteiger partial charge in [-0.15, -0.1) is 0 Å². The summed E-state index contributed by atoms with van der Waals surface area (Å²) in [5.41, 5.74) is -0.333. The van der Waals surface area contributed by atoms with Crippen LogP contribution in [0.2, 0.25) is 0 Å². The topological polar surface area (TPSA) is 62.5 Å². The van der Waals surface area contributed by atoms with E-state index in [1.165, 1.54) is 0 Å². The fourth-order valence-corrected chi connectivity index (χ4v) is 1.98. The summed E-state index contributed by atoms with van der Waals surface area (Å²) < 4.78 is 5.15. The molecule has 0 saturated heterocycles. The summed E-state index contributed by atoms with van der Waals surface area (Å²) in [4.78, 5) is 11.6. The fourth-order valence-electron chi connectivity index (χ4n) is 1.98. The highest BCUT2D eigenvalue weighted by molar-refractivity contribution is 5.77. The molecule has 0 radical (unpaired) electrons. The first-order chi connectivity index (χ1) is 7.74. The van der Waals surface area contributed by atoms with Crippen molar-refractivity contribution in [3.8, 4) is 0 Å². The zero-order valence-corrected chi connectivity index (χ0v) is 9.24. The van der Waals surface area contributed by atoms with Crippen molar-refractivity contribution in [2.24, 2.45) is 0 Å². The van der Waals surface area contributed by atoms with E-state index in [2.05, 4.69) is 5.32 Å². The van der Waals surface area contributed by atoms with E-state index in [0.717, 1.165) is 25.0 Å². The maximum atomic E-state index is 11.6. The van der Waals surface area contributed by atoms with E-state index in [1.54, 1.807) is 6.26 Å². The summed E-state index contributed by atoms with van der Waals surface area (Å²) in [6.45, 7) is 0.0412. The van der Waals surface area contributed by atoms with E-state index in [-0.39, 0.29) is 18.1 Å². The lowest BCUT2D eigenvalue weighted by atomic mass is 9.77. The van der Waals surface area contributed by atoms with E-state index in [9.17, 15) is 9.90 Å². The molecule has 0 aromatic carbocycles. The normalized spacial score (nSPS) is 17.8. The Morgan fingerprint density at radius 2 is 2.38 bits per heavy atom. The molecule has 1 aromatic rings. The second kappa shape index (κ2) is 4.70. The minimum Gasteiger partial charge on any atom is -0.469 e. The predicted molar refractivity (Wildman–Crippen MR) is 58.8 cm³/mol. The zero-order chi connectivity index (χ0) is 11.4. The Morgan fingerprint density at radius 1 is 1.56 bits per heavy atom. The molecular weight excluding hydrogens is 206 g/mol. The number of furan rings is 1. The number of carbonyl (C=O) groups is 1. The summed E-state index contributed by atoms with van der Waals surface area (Å²) in [6, 6.07) is 3.67. The van der Waals surface area contributed by atoms with Gasteiger partial charge in [0.15, 0.2) is 0 Å². The highest BCUT2D eigenvalue weighted by Gasteiger charge is 2.37. The zero-order valence-electron chi connectivity index (χ0n) is 9.24. The van der Waals surface area contributed by atoms with Crippen molar-refractivity contribution in [2.45, 2.75) is 37.6 Å². The Labute approximate surface area is 94.6 Å².